The van der Waals surface area contributed by atoms with E-state index in [0.29, 0.717) is 98.4 Å². The molecule has 0 bridgehead atoms. The van der Waals surface area contributed by atoms with Gasteiger partial charge in [0.1, 0.15) is 113 Å². The van der Waals surface area contributed by atoms with E-state index in [1.165, 1.54) is 0 Å². The zero-order valence-corrected chi connectivity index (χ0v) is 64.7. The predicted molar refractivity (Wildman–Crippen MR) is 431 cm³/mol. The number of rotatable bonds is 22. The van der Waals surface area contributed by atoms with E-state index in [0.717, 1.165) is 118 Å². The highest BCUT2D eigenvalue weighted by atomic mass is 16.5. The van der Waals surface area contributed by atoms with Gasteiger partial charge in [0, 0.05) is 139 Å². The fourth-order valence-corrected chi connectivity index (χ4v) is 12.5. The van der Waals surface area contributed by atoms with Crippen molar-refractivity contribution in [2.75, 3.05) is 52.9 Å². The lowest BCUT2D eigenvalue weighted by Crippen LogP contribution is -2.42. The minimum absolute atomic E-state index is 0. The van der Waals surface area contributed by atoms with Crippen molar-refractivity contribution >= 4 is 29.5 Å². The molecule has 594 valence electrons. The van der Waals surface area contributed by atoms with Crippen molar-refractivity contribution in [3.63, 3.8) is 0 Å². The number of phenolic OH excluding ortho intramolecular Hbond substituents is 5. The second-order valence-corrected chi connectivity index (χ2v) is 28.0. The number of carbonyl (C=O) groups excluding carboxylic acids is 5. The molecule has 4 fully saturated rings. The number of likely N-dealkylation sites (tertiary alicyclic amines) is 3. The lowest BCUT2D eigenvalue weighted by Gasteiger charge is -2.31. The third kappa shape index (κ3) is 22.9. The van der Waals surface area contributed by atoms with Crippen LogP contribution in [0, 0.1) is 34.6 Å². The van der Waals surface area contributed by atoms with Crippen LogP contribution in [0.1, 0.15) is 165 Å². The standard InChI is InChI=1S/2C18H20N2O3.C18H21NO3.C17H18N2O3.C17H20N2O3.CH4/c1-12-15(21)6-3-7-16(12)23-11-13-5-4-10-19-17(13)18(22)20(2)14-8-9-14;1-13-15(21)7-4-8-16(13)23-12-14-6-5-9-19-17(14)18(22)20-10-2-3-11-20;1-13-16(20)8-5-9-17(13)22-12-14-6-4-7-15(14)18(21)19-10-2-3-11-19;1-12-14(20)6-2-7-15(12)22-11-13-5-3-8-18-16(13)17(21)19-9-4-10-19;1-11(2)19-17(21)16-13(6-5-9-18-16)10-22-15-8-4-7-14(20)12(15)3;/h3-7,10,14,21H,8-9,11H2,1-2H3;4-9,21H,2-3,10-12H2,1H3;4-6,8-9,20H,2-3,7,10-12H2,1H3;2-3,5-8,20H,4,9-11H2,1H3;4-9,11,20H,10H2,1-3H3,(H,19,21);1H4. The molecule has 1 saturated carbocycles. The summed E-state index contributed by atoms with van der Waals surface area (Å²) in [6.07, 6.45) is 18.6. The van der Waals surface area contributed by atoms with Gasteiger partial charge in [-0.2, -0.15) is 0 Å². The van der Waals surface area contributed by atoms with Crippen molar-refractivity contribution in [2.24, 2.45) is 0 Å². The van der Waals surface area contributed by atoms with E-state index in [2.05, 4.69) is 25.3 Å². The minimum Gasteiger partial charge on any atom is -0.508 e. The predicted octanol–water partition coefficient (Wildman–Crippen LogP) is 14.7. The molecule has 0 radical (unpaired) electrons. The van der Waals surface area contributed by atoms with Gasteiger partial charge in [-0.3, -0.25) is 43.9 Å². The number of ether oxygens (including phenoxy) is 5. The van der Waals surface area contributed by atoms with E-state index in [9.17, 15) is 49.5 Å². The van der Waals surface area contributed by atoms with Crippen molar-refractivity contribution in [3.8, 4) is 57.5 Å². The van der Waals surface area contributed by atoms with Gasteiger partial charge in [0.25, 0.3) is 23.6 Å². The number of phenols is 5. The van der Waals surface area contributed by atoms with Gasteiger partial charge in [0.05, 0.1) is 0 Å². The number of hydrogen-bond acceptors (Lipinski definition) is 19. The summed E-state index contributed by atoms with van der Waals surface area (Å²) in [7, 11) is 1.82. The fourth-order valence-electron chi connectivity index (χ4n) is 12.5. The molecule has 14 rings (SSSR count). The first kappa shape index (κ1) is 84.5. The third-order valence-electron chi connectivity index (χ3n) is 19.6. The van der Waals surface area contributed by atoms with Crippen LogP contribution < -0.4 is 29.0 Å². The zero-order valence-electron chi connectivity index (χ0n) is 64.7. The van der Waals surface area contributed by atoms with E-state index in [1.54, 1.807) is 178 Å². The summed E-state index contributed by atoms with van der Waals surface area (Å²) >= 11 is 0. The zero-order chi connectivity index (χ0) is 79.8. The number of amides is 5. The Hall–Kier alpha value is -12.5. The summed E-state index contributed by atoms with van der Waals surface area (Å²) < 4.78 is 28.8. The minimum atomic E-state index is -0.221. The van der Waals surface area contributed by atoms with Crippen LogP contribution >= 0.6 is 0 Å². The van der Waals surface area contributed by atoms with Gasteiger partial charge in [-0.15, -0.1) is 0 Å². The number of benzene rings is 5. The molecule has 2 aliphatic carbocycles. The smallest absolute Gasteiger partial charge is 0.272 e. The summed E-state index contributed by atoms with van der Waals surface area (Å²) in [6.45, 7) is 19.0. The molecule has 9 aromatic rings. The first-order chi connectivity index (χ1) is 54.1. The normalized spacial score (nSPS) is 13.7. The summed E-state index contributed by atoms with van der Waals surface area (Å²) in [5, 5.41) is 51.4. The molecule has 3 saturated heterocycles. The highest BCUT2D eigenvalue weighted by Crippen LogP contribution is 2.34. The van der Waals surface area contributed by atoms with Crippen molar-refractivity contribution in [1.82, 2.24) is 44.9 Å². The largest absolute Gasteiger partial charge is 0.508 e. The van der Waals surface area contributed by atoms with Crippen molar-refractivity contribution in [1.29, 1.82) is 0 Å². The Balaban J connectivity index is 0.000000162. The number of nitrogens with zero attached hydrogens (tertiary/aromatic N) is 8. The van der Waals surface area contributed by atoms with Gasteiger partial charge in [0.15, 0.2) is 0 Å². The van der Waals surface area contributed by atoms with Gasteiger partial charge in [-0.05, 0) is 190 Å². The molecule has 0 unspecified atom stereocenters. The summed E-state index contributed by atoms with van der Waals surface area (Å²) in [6, 6.07) is 40.6. The first-order valence-corrected chi connectivity index (χ1v) is 37.7. The van der Waals surface area contributed by atoms with Crippen molar-refractivity contribution < 1.29 is 73.2 Å². The van der Waals surface area contributed by atoms with Crippen LogP contribution in [0.3, 0.4) is 0 Å². The molecule has 24 heteroatoms. The molecular weight excluding hydrogens is 1440 g/mol. The van der Waals surface area contributed by atoms with Gasteiger partial charge < -0.3 is 74.1 Å². The van der Waals surface area contributed by atoms with Crippen molar-refractivity contribution in [3.05, 3.63) is 260 Å². The van der Waals surface area contributed by atoms with Crippen LogP contribution in [0.5, 0.6) is 57.5 Å². The number of allylic oxidation sites excluding steroid dienone is 1. The SMILES string of the molecule is C.Cc1c(O)cccc1OCC1=C(C(=O)N2CCCC2)CC=C1.Cc1c(O)cccc1OCc1cccnc1C(=O)N(C)C1CC1.Cc1c(O)cccc1OCc1cccnc1C(=O)N1CCC1.Cc1c(O)cccc1OCc1cccnc1C(=O)N1CCCC1.Cc1c(O)cccc1OCc1cccnc1C(=O)NC(C)C. The number of hydrogen-bond donors (Lipinski definition) is 6. The molecular formula is C89H103N9O15. The summed E-state index contributed by atoms with van der Waals surface area (Å²) in [5.74, 6) is 3.81. The second kappa shape index (κ2) is 41.0. The Kier molecular flexibility index (Phi) is 30.7. The van der Waals surface area contributed by atoms with Crippen LogP contribution in [0.15, 0.2) is 188 Å². The maximum absolute atomic E-state index is 12.6. The van der Waals surface area contributed by atoms with E-state index in [4.69, 9.17) is 23.7 Å². The topological polar surface area (TPSA) is 309 Å². The maximum Gasteiger partial charge on any atom is 0.272 e. The summed E-state index contributed by atoms with van der Waals surface area (Å²) in [5.41, 5.74) is 9.85. The molecule has 5 amide bonds. The van der Waals surface area contributed by atoms with E-state index in [-0.39, 0.29) is 98.2 Å². The Labute approximate surface area is 661 Å². The molecule has 0 atom stereocenters. The Morgan fingerprint density at radius 3 is 1.07 bits per heavy atom. The molecule has 5 aromatic carbocycles. The van der Waals surface area contributed by atoms with Gasteiger partial charge in [-0.1, -0.05) is 74.2 Å². The third-order valence-corrected chi connectivity index (χ3v) is 19.6. The molecule has 7 heterocycles. The first-order valence-electron chi connectivity index (χ1n) is 37.7. The van der Waals surface area contributed by atoms with Gasteiger partial charge >= 0.3 is 0 Å². The molecule has 4 aromatic heterocycles. The van der Waals surface area contributed by atoms with Crippen LogP contribution in [-0.4, -0.2) is 160 Å². The summed E-state index contributed by atoms with van der Waals surface area (Å²) in [4.78, 5) is 86.3. The Morgan fingerprint density at radius 2 is 0.735 bits per heavy atom. The highest BCUT2D eigenvalue weighted by Gasteiger charge is 2.32. The van der Waals surface area contributed by atoms with Crippen LogP contribution in [-0.2, 0) is 31.2 Å². The number of pyridine rings is 4. The molecule has 24 nitrogen and oxygen atoms in total. The average Bonchev–Trinajstić information content (AvgIpc) is 1.83. The molecule has 3 aliphatic heterocycles. The average molecular weight is 1540 g/mol. The van der Waals surface area contributed by atoms with E-state index >= 15 is 0 Å². The highest BCUT2D eigenvalue weighted by molar-refractivity contribution is 5.97. The number of aromatic hydroxyl groups is 5. The number of carbonyl (C=O) groups is 5. The molecule has 5 aliphatic rings. The second-order valence-electron chi connectivity index (χ2n) is 28.0. The lowest BCUT2D eigenvalue weighted by atomic mass is 10.1. The number of nitrogens with one attached hydrogen (secondary N) is 1. The lowest BCUT2D eigenvalue weighted by molar-refractivity contribution is -0.126. The van der Waals surface area contributed by atoms with Gasteiger partial charge in [-0.25, -0.2) is 0 Å². The quantitative estimate of drug-likeness (QED) is 0.0367. The van der Waals surface area contributed by atoms with Crippen LogP contribution in [0.4, 0.5) is 0 Å². The van der Waals surface area contributed by atoms with E-state index in [1.807, 2.05) is 74.0 Å². The van der Waals surface area contributed by atoms with Gasteiger partial charge in [0.2, 0.25) is 5.91 Å². The van der Waals surface area contributed by atoms with Crippen molar-refractivity contribution in [2.45, 2.75) is 146 Å². The number of aromatic nitrogens is 4. The van der Waals surface area contributed by atoms with E-state index < -0.39 is 0 Å². The van der Waals surface area contributed by atoms with Crippen LogP contribution in [0.25, 0.3) is 0 Å². The molecule has 113 heavy (non-hydrogen) atoms. The molecule has 6 N–H and O–H groups in total. The fraction of sp³-hybridized carbons (Fsp3) is 0.337. The monoisotopic (exact) mass is 1540 g/mol. The molecule has 0 spiro atoms. The van der Waals surface area contributed by atoms with Crippen LogP contribution in [0.2, 0.25) is 0 Å². The maximum atomic E-state index is 12.6. The Bertz CT molecular complexity index is 4720. The Morgan fingerprint density at radius 1 is 0.425 bits per heavy atom.